The second kappa shape index (κ2) is 5.48. The summed E-state index contributed by atoms with van der Waals surface area (Å²) in [5.74, 6) is -0.838. The number of nitrogens with one attached hydrogen (secondary N) is 1. The van der Waals surface area contributed by atoms with E-state index in [1.807, 2.05) is 0 Å². The molecule has 1 aliphatic carbocycles. The van der Waals surface area contributed by atoms with Gasteiger partial charge in [-0.2, -0.15) is 0 Å². The number of amides is 1. The zero-order valence-electron chi connectivity index (χ0n) is 9.05. The van der Waals surface area contributed by atoms with Crippen LogP contribution in [-0.4, -0.2) is 16.8 Å². The number of carbonyl (C=O) groups is 1. The molecule has 2 rings (SSSR count). The summed E-state index contributed by atoms with van der Waals surface area (Å²) in [7, 11) is 0. The van der Waals surface area contributed by atoms with Crippen molar-refractivity contribution in [3.63, 3.8) is 0 Å². The summed E-state index contributed by atoms with van der Waals surface area (Å²) >= 11 is 6.75. The van der Waals surface area contributed by atoms with Gasteiger partial charge in [0, 0.05) is 15.3 Å². The minimum atomic E-state index is -0.491. The van der Waals surface area contributed by atoms with E-state index in [4.69, 9.17) is 0 Å². The largest absolute Gasteiger partial charge is 0.348 e. The highest BCUT2D eigenvalue weighted by Gasteiger charge is 2.27. The Bertz CT molecular complexity index is 439. The number of hydrogen-bond acceptors (Lipinski definition) is 1. The zero-order chi connectivity index (χ0) is 12.4. The maximum atomic E-state index is 13.5. The van der Waals surface area contributed by atoms with E-state index in [-0.39, 0.29) is 17.5 Å². The smallest absolute Gasteiger partial charge is 0.254 e. The van der Waals surface area contributed by atoms with Crippen molar-refractivity contribution in [1.82, 2.24) is 5.32 Å². The quantitative estimate of drug-likeness (QED) is 0.797. The molecule has 0 aromatic heterocycles. The lowest BCUT2D eigenvalue weighted by Gasteiger charge is -2.16. The van der Waals surface area contributed by atoms with Gasteiger partial charge in [0.15, 0.2) is 0 Å². The van der Waals surface area contributed by atoms with E-state index in [0.29, 0.717) is 9.30 Å². The molecule has 5 heteroatoms. The van der Waals surface area contributed by atoms with Gasteiger partial charge < -0.3 is 5.32 Å². The van der Waals surface area contributed by atoms with Gasteiger partial charge in [-0.1, -0.05) is 38.3 Å². The van der Waals surface area contributed by atoms with Crippen LogP contribution in [0, 0.1) is 5.82 Å². The molecular formula is C12H12Br2FNO. The molecule has 1 aromatic carbocycles. The third-order valence-electron chi connectivity index (χ3n) is 2.92. The minimum Gasteiger partial charge on any atom is -0.348 e. The molecule has 1 saturated carbocycles. The zero-order valence-corrected chi connectivity index (χ0v) is 12.2. The molecule has 1 aliphatic rings. The van der Waals surface area contributed by atoms with Crippen LogP contribution in [0.1, 0.15) is 29.6 Å². The number of hydrogen-bond donors (Lipinski definition) is 1. The first kappa shape index (κ1) is 13.0. The highest BCUT2D eigenvalue weighted by Crippen LogP contribution is 2.26. The van der Waals surface area contributed by atoms with Crippen molar-refractivity contribution in [3.05, 3.63) is 34.1 Å². The van der Waals surface area contributed by atoms with Gasteiger partial charge in [-0.3, -0.25) is 4.79 Å². The van der Waals surface area contributed by atoms with Gasteiger partial charge in [-0.15, -0.1) is 0 Å². The number of halogens is 3. The molecule has 0 aliphatic heterocycles. The molecule has 1 N–H and O–H groups in total. The monoisotopic (exact) mass is 363 g/mol. The fourth-order valence-corrected chi connectivity index (χ4v) is 3.08. The maximum absolute atomic E-state index is 13.5. The summed E-state index contributed by atoms with van der Waals surface area (Å²) in [5, 5.41) is 2.87. The lowest BCUT2D eigenvalue weighted by Crippen LogP contribution is -2.38. The normalized spacial score (nSPS) is 23.7. The first-order valence-electron chi connectivity index (χ1n) is 5.48. The molecule has 0 bridgehead atoms. The predicted octanol–water partition coefficient (Wildman–Crippen LogP) is 3.63. The van der Waals surface area contributed by atoms with Crippen LogP contribution < -0.4 is 5.32 Å². The van der Waals surface area contributed by atoms with Crippen LogP contribution in [0.5, 0.6) is 0 Å². The summed E-state index contributed by atoms with van der Waals surface area (Å²) < 4.78 is 14.2. The summed E-state index contributed by atoms with van der Waals surface area (Å²) in [6.07, 6.45) is 3.07. The molecule has 92 valence electrons. The van der Waals surface area contributed by atoms with Gasteiger partial charge in [0.05, 0.1) is 5.56 Å². The molecule has 0 saturated heterocycles. The van der Waals surface area contributed by atoms with Crippen LogP contribution in [0.15, 0.2) is 22.7 Å². The van der Waals surface area contributed by atoms with E-state index in [1.165, 1.54) is 12.1 Å². The molecule has 0 spiro atoms. The topological polar surface area (TPSA) is 29.1 Å². The molecule has 1 aromatic rings. The molecule has 1 fully saturated rings. The second-order valence-corrected chi connectivity index (χ2v) is 6.24. The van der Waals surface area contributed by atoms with Crippen LogP contribution in [0.4, 0.5) is 4.39 Å². The van der Waals surface area contributed by atoms with Gasteiger partial charge in [0.1, 0.15) is 5.82 Å². The highest BCUT2D eigenvalue weighted by molar-refractivity contribution is 9.10. The lowest BCUT2D eigenvalue weighted by molar-refractivity contribution is 0.0935. The van der Waals surface area contributed by atoms with Crippen molar-refractivity contribution in [2.45, 2.75) is 30.1 Å². The highest BCUT2D eigenvalue weighted by atomic mass is 79.9. The third-order valence-corrected chi connectivity index (χ3v) is 4.51. The van der Waals surface area contributed by atoms with E-state index >= 15 is 0 Å². The van der Waals surface area contributed by atoms with Crippen LogP contribution in [0.2, 0.25) is 0 Å². The van der Waals surface area contributed by atoms with Gasteiger partial charge in [-0.25, -0.2) is 4.39 Å². The van der Waals surface area contributed by atoms with Gasteiger partial charge in [0.2, 0.25) is 0 Å². The van der Waals surface area contributed by atoms with E-state index < -0.39 is 5.82 Å². The molecule has 2 atom stereocenters. The molecule has 2 nitrogen and oxygen atoms in total. The van der Waals surface area contributed by atoms with Gasteiger partial charge in [0.25, 0.3) is 5.91 Å². The number of carbonyl (C=O) groups excluding carboxylic acids is 1. The molecule has 1 amide bonds. The number of rotatable bonds is 2. The van der Waals surface area contributed by atoms with Crippen LogP contribution in [0.3, 0.4) is 0 Å². The summed E-state index contributed by atoms with van der Waals surface area (Å²) in [4.78, 5) is 12.2. The Labute approximate surface area is 116 Å². The van der Waals surface area contributed by atoms with Crippen molar-refractivity contribution >= 4 is 37.8 Å². The Morgan fingerprint density at radius 2 is 2.18 bits per heavy atom. The van der Waals surface area contributed by atoms with E-state index in [0.717, 1.165) is 19.3 Å². The van der Waals surface area contributed by atoms with Crippen LogP contribution in [0.25, 0.3) is 0 Å². The van der Waals surface area contributed by atoms with Crippen molar-refractivity contribution < 1.29 is 9.18 Å². The van der Waals surface area contributed by atoms with Crippen molar-refractivity contribution in [3.8, 4) is 0 Å². The average Bonchev–Trinajstić information content (AvgIpc) is 2.68. The Hall–Kier alpha value is -0.420. The number of benzene rings is 1. The van der Waals surface area contributed by atoms with Crippen molar-refractivity contribution in [1.29, 1.82) is 0 Å². The molecule has 2 unspecified atom stereocenters. The van der Waals surface area contributed by atoms with Crippen LogP contribution in [-0.2, 0) is 0 Å². The molecule has 0 heterocycles. The standard InChI is InChI=1S/C12H12Br2FNO/c13-7-4-5-10(15)8(6-7)12(17)16-11-3-1-2-9(11)14/h4-6,9,11H,1-3H2,(H,16,17). The molecule has 0 radical (unpaired) electrons. The minimum absolute atomic E-state index is 0.0889. The Balaban J connectivity index is 2.11. The van der Waals surface area contributed by atoms with Crippen molar-refractivity contribution in [2.24, 2.45) is 0 Å². The van der Waals surface area contributed by atoms with Gasteiger partial charge >= 0.3 is 0 Å². The Kier molecular flexibility index (Phi) is 4.20. The Morgan fingerprint density at radius 3 is 2.82 bits per heavy atom. The van der Waals surface area contributed by atoms with E-state index in [9.17, 15) is 9.18 Å². The fourth-order valence-electron chi connectivity index (χ4n) is 2.00. The Morgan fingerprint density at radius 1 is 1.41 bits per heavy atom. The summed E-state index contributed by atoms with van der Waals surface area (Å²) in [6, 6.07) is 4.47. The average molecular weight is 365 g/mol. The summed E-state index contributed by atoms with van der Waals surface area (Å²) in [6.45, 7) is 0. The van der Waals surface area contributed by atoms with E-state index in [2.05, 4.69) is 37.2 Å². The number of alkyl halides is 1. The lowest BCUT2D eigenvalue weighted by atomic mass is 10.1. The first-order chi connectivity index (χ1) is 8.08. The SMILES string of the molecule is O=C(NC1CCCC1Br)c1cc(Br)ccc1F. The second-order valence-electron chi connectivity index (χ2n) is 4.15. The fraction of sp³-hybridized carbons (Fsp3) is 0.417. The van der Waals surface area contributed by atoms with E-state index in [1.54, 1.807) is 6.07 Å². The summed E-state index contributed by atoms with van der Waals surface area (Å²) in [5.41, 5.74) is 0.0889. The third kappa shape index (κ3) is 3.07. The van der Waals surface area contributed by atoms with Gasteiger partial charge in [-0.05, 0) is 31.0 Å². The maximum Gasteiger partial charge on any atom is 0.254 e. The first-order valence-corrected chi connectivity index (χ1v) is 7.19. The predicted molar refractivity (Wildman–Crippen MR) is 71.9 cm³/mol. The van der Waals surface area contributed by atoms with Crippen LogP contribution >= 0.6 is 31.9 Å². The van der Waals surface area contributed by atoms with Crippen molar-refractivity contribution in [2.75, 3.05) is 0 Å². The molecular weight excluding hydrogens is 353 g/mol. The molecule has 17 heavy (non-hydrogen) atoms.